The minimum Gasteiger partial charge on any atom is -0.316 e. The zero-order valence-corrected chi connectivity index (χ0v) is 12.8. The molecule has 1 saturated carbocycles. The van der Waals surface area contributed by atoms with Gasteiger partial charge in [0, 0.05) is 24.1 Å². The van der Waals surface area contributed by atoms with Crippen molar-refractivity contribution in [2.75, 3.05) is 13.1 Å². The highest BCUT2D eigenvalue weighted by molar-refractivity contribution is 5.65. The van der Waals surface area contributed by atoms with Gasteiger partial charge in [0.05, 0.1) is 17.4 Å². The monoisotopic (exact) mass is 299 g/mol. The predicted octanol–water partition coefficient (Wildman–Crippen LogP) is 3.49. The van der Waals surface area contributed by atoms with Gasteiger partial charge in [0.15, 0.2) is 0 Å². The second-order valence-corrected chi connectivity index (χ2v) is 6.41. The summed E-state index contributed by atoms with van der Waals surface area (Å²) in [6.07, 6.45) is 7.01. The van der Waals surface area contributed by atoms with E-state index in [1.54, 1.807) is 12.1 Å². The van der Waals surface area contributed by atoms with Gasteiger partial charge >= 0.3 is 0 Å². The fourth-order valence-corrected chi connectivity index (χ4v) is 3.85. The third kappa shape index (κ3) is 2.45. The smallest absolute Gasteiger partial charge is 0.123 e. The van der Waals surface area contributed by atoms with Crippen molar-refractivity contribution in [1.82, 2.24) is 15.1 Å². The second kappa shape index (κ2) is 5.84. The Labute approximate surface area is 130 Å². The van der Waals surface area contributed by atoms with Crippen LogP contribution in [-0.4, -0.2) is 22.9 Å². The van der Waals surface area contributed by atoms with Crippen molar-refractivity contribution in [2.24, 2.45) is 0 Å². The average molecular weight is 299 g/mol. The van der Waals surface area contributed by atoms with Crippen LogP contribution in [0.25, 0.3) is 11.3 Å². The summed E-state index contributed by atoms with van der Waals surface area (Å²) >= 11 is 0. The molecule has 0 atom stereocenters. The van der Waals surface area contributed by atoms with Gasteiger partial charge in [-0.05, 0) is 50.1 Å². The minimum atomic E-state index is -0.177. The molecule has 0 radical (unpaired) electrons. The van der Waals surface area contributed by atoms with Crippen molar-refractivity contribution in [2.45, 2.75) is 44.6 Å². The van der Waals surface area contributed by atoms with E-state index in [-0.39, 0.29) is 5.82 Å². The van der Waals surface area contributed by atoms with Gasteiger partial charge in [0.25, 0.3) is 0 Å². The van der Waals surface area contributed by atoms with Gasteiger partial charge in [0.1, 0.15) is 5.82 Å². The Morgan fingerprint density at radius 1 is 1.05 bits per heavy atom. The van der Waals surface area contributed by atoms with Crippen LogP contribution < -0.4 is 5.32 Å². The van der Waals surface area contributed by atoms with Crippen LogP contribution in [0.3, 0.4) is 0 Å². The molecule has 1 aliphatic heterocycles. The van der Waals surface area contributed by atoms with Crippen LogP contribution in [-0.2, 0) is 12.8 Å². The number of hydrogen-bond donors (Lipinski definition) is 1. The molecule has 2 aliphatic rings. The normalized spacial score (nSPS) is 19.1. The summed E-state index contributed by atoms with van der Waals surface area (Å²) in [6.45, 7) is 2.00. The molecule has 2 heterocycles. The molecule has 1 aromatic carbocycles. The van der Waals surface area contributed by atoms with Gasteiger partial charge in [-0.3, -0.25) is 4.68 Å². The summed E-state index contributed by atoms with van der Waals surface area (Å²) in [6, 6.07) is 7.43. The Morgan fingerprint density at radius 3 is 2.55 bits per heavy atom. The van der Waals surface area contributed by atoms with E-state index in [4.69, 9.17) is 5.10 Å². The van der Waals surface area contributed by atoms with E-state index in [1.165, 1.54) is 42.6 Å². The Hall–Kier alpha value is -1.68. The van der Waals surface area contributed by atoms with E-state index < -0.39 is 0 Å². The molecule has 1 aromatic heterocycles. The lowest BCUT2D eigenvalue weighted by Crippen LogP contribution is -2.18. The number of halogens is 1. The van der Waals surface area contributed by atoms with Crippen LogP contribution in [0.4, 0.5) is 4.39 Å². The summed E-state index contributed by atoms with van der Waals surface area (Å²) < 4.78 is 15.6. The van der Waals surface area contributed by atoms with Crippen LogP contribution in [0.15, 0.2) is 24.3 Å². The average Bonchev–Trinajstić information content (AvgIpc) is 3.11. The van der Waals surface area contributed by atoms with Crippen molar-refractivity contribution in [3.05, 3.63) is 41.3 Å². The Balaban J connectivity index is 1.85. The fourth-order valence-electron chi connectivity index (χ4n) is 3.85. The molecule has 1 N–H and O–H groups in total. The van der Waals surface area contributed by atoms with Gasteiger partial charge in [0.2, 0.25) is 0 Å². The number of rotatable bonds is 2. The Bertz CT molecular complexity index is 654. The summed E-state index contributed by atoms with van der Waals surface area (Å²) in [5.74, 6) is -0.177. The zero-order chi connectivity index (χ0) is 14.9. The summed E-state index contributed by atoms with van der Waals surface area (Å²) in [4.78, 5) is 0. The molecule has 116 valence electrons. The molecule has 4 rings (SSSR count). The maximum Gasteiger partial charge on any atom is 0.123 e. The van der Waals surface area contributed by atoms with Crippen LogP contribution in [0.2, 0.25) is 0 Å². The quantitative estimate of drug-likeness (QED) is 0.920. The van der Waals surface area contributed by atoms with Crippen molar-refractivity contribution in [1.29, 1.82) is 0 Å². The van der Waals surface area contributed by atoms with Crippen LogP contribution >= 0.6 is 0 Å². The third-order valence-corrected chi connectivity index (χ3v) is 4.97. The fraction of sp³-hybridized carbons (Fsp3) is 0.500. The Kier molecular flexibility index (Phi) is 3.70. The largest absolute Gasteiger partial charge is 0.316 e. The lowest BCUT2D eigenvalue weighted by Gasteiger charge is -2.16. The maximum atomic E-state index is 13.3. The predicted molar refractivity (Wildman–Crippen MR) is 85.4 cm³/mol. The van der Waals surface area contributed by atoms with Gasteiger partial charge < -0.3 is 5.32 Å². The van der Waals surface area contributed by atoms with Crippen LogP contribution in [0.1, 0.15) is 43.0 Å². The molecular weight excluding hydrogens is 277 g/mol. The molecule has 1 fully saturated rings. The topological polar surface area (TPSA) is 29.9 Å². The van der Waals surface area contributed by atoms with E-state index in [0.717, 1.165) is 31.5 Å². The van der Waals surface area contributed by atoms with E-state index in [1.807, 2.05) is 12.1 Å². The first-order valence-electron chi connectivity index (χ1n) is 8.40. The highest BCUT2D eigenvalue weighted by Gasteiger charge is 2.26. The number of benzene rings is 1. The van der Waals surface area contributed by atoms with Crippen molar-refractivity contribution in [3.8, 4) is 11.3 Å². The lowest BCUT2D eigenvalue weighted by molar-refractivity contribution is 0.466. The zero-order valence-electron chi connectivity index (χ0n) is 12.8. The molecule has 3 nitrogen and oxygen atoms in total. The SMILES string of the molecule is Fc1ccc(-c2c3c(nn2C2CCCC2)CCNCC3)cc1. The van der Waals surface area contributed by atoms with E-state index >= 15 is 0 Å². The number of nitrogens with one attached hydrogen (secondary N) is 1. The molecule has 0 unspecified atom stereocenters. The standard InChI is InChI=1S/C18H22FN3/c19-14-7-5-13(6-8-14)18-16-9-11-20-12-10-17(16)21-22(18)15-3-1-2-4-15/h5-8,15,20H,1-4,9-12H2. The van der Waals surface area contributed by atoms with Gasteiger partial charge in [-0.25, -0.2) is 4.39 Å². The van der Waals surface area contributed by atoms with E-state index in [2.05, 4.69) is 10.00 Å². The lowest BCUT2D eigenvalue weighted by atomic mass is 10.0. The highest BCUT2D eigenvalue weighted by atomic mass is 19.1. The molecule has 0 bridgehead atoms. The molecule has 22 heavy (non-hydrogen) atoms. The van der Waals surface area contributed by atoms with Crippen LogP contribution in [0, 0.1) is 5.82 Å². The highest BCUT2D eigenvalue weighted by Crippen LogP contribution is 2.36. The van der Waals surface area contributed by atoms with Crippen molar-refractivity contribution in [3.63, 3.8) is 0 Å². The van der Waals surface area contributed by atoms with Crippen molar-refractivity contribution >= 4 is 0 Å². The van der Waals surface area contributed by atoms with Gasteiger partial charge in [-0.1, -0.05) is 12.8 Å². The second-order valence-electron chi connectivity index (χ2n) is 6.41. The molecular formula is C18H22FN3. The summed E-state index contributed by atoms with van der Waals surface area (Å²) in [5, 5.41) is 8.42. The third-order valence-electron chi connectivity index (χ3n) is 4.97. The van der Waals surface area contributed by atoms with E-state index in [0.29, 0.717) is 6.04 Å². The Morgan fingerprint density at radius 2 is 1.77 bits per heavy atom. The molecule has 0 spiro atoms. The first-order chi connectivity index (χ1) is 10.8. The molecule has 1 aliphatic carbocycles. The number of hydrogen-bond acceptors (Lipinski definition) is 2. The van der Waals surface area contributed by atoms with Crippen LogP contribution in [0.5, 0.6) is 0 Å². The van der Waals surface area contributed by atoms with Gasteiger partial charge in [-0.15, -0.1) is 0 Å². The summed E-state index contributed by atoms with van der Waals surface area (Å²) in [5.41, 5.74) is 4.93. The molecule has 4 heteroatoms. The van der Waals surface area contributed by atoms with Crippen molar-refractivity contribution < 1.29 is 4.39 Å². The first kappa shape index (κ1) is 13.9. The number of aromatic nitrogens is 2. The number of fused-ring (bicyclic) bond motifs is 1. The molecule has 0 saturated heterocycles. The summed E-state index contributed by atoms with van der Waals surface area (Å²) in [7, 11) is 0. The first-order valence-corrected chi connectivity index (χ1v) is 8.40. The van der Waals surface area contributed by atoms with Gasteiger partial charge in [-0.2, -0.15) is 5.10 Å². The molecule has 0 amide bonds. The maximum absolute atomic E-state index is 13.3. The van der Waals surface area contributed by atoms with E-state index in [9.17, 15) is 4.39 Å². The number of nitrogens with zero attached hydrogens (tertiary/aromatic N) is 2. The minimum absolute atomic E-state index is 0.177. The molecule has 2 aromatic rings.